The molecule has 1 aliphatic rings. The van der Waals surface area contributed by atoms with E-state index in [9.17, 15) is 13.2 Å². The fourth-order valence-corrected chi connectivity index (χ4v) is 6.02. The second-order valence-corrected chi connectivity index (χ2v) is 9.89. The van der Waals surface area contributed by atoms with Gasteiger partial charge in [-0.2, -0.15) is 0 Å². The van der Waals surface area contributed by atoms with Crippen LogP contribution in [0, 0.1) is 0 Å². The smallest absolute Gasteiger partial charge is 0.236 e. The van der Waals surface area contributed by atoms with Crippen molar-refractivity contribution in [1.29, 1.82) is 0 Å². The monoisotopic (exact) mass is 395 g/mol. The molecule has 1 heterocycles. The number of carbonyl (C=O) groups is 1. The van der Waals surface area contributed by atoms with Gasteiger partial charge in [-0.15, -0.1) is 11.8 Å². The van der Waals surface area contributed by atoms with Gasteiger partial charge >= 0.3 is 0 Å². The maximum atomic E-state index is 12.7. The van der Waals surface area contributed by atoms with Crippen LogP contribution in [0.5, 0.6) is 0 Å². The molecule has 0 bridgehead atoms. The lowest BCUT2D eigenvalue weighted by atomic mass is 10.2. The highest BCUT2D eigenvalue weighted by Gasteiger charge is 2.35. The summed E-state index contributed by atoms with van der Waals surface area (Å²) in [6, 6.07) is 4.98. The van der Waals surface area contributed by atoms with Crippen molar-refractivity contribution in [2.45, 2.75) is 36.5 Å². The molecule has 0 saturated carbocycles. The standard InChI is InChI=1S/C15H19Cl2NO3S2/c1-3-18(11-7-8-23(20,21)9-11)15(19)10(2)22-14-12(16)5-4-6-13(14)17/h4-6,10-11H,3,7-9H2,1-2H3/t10-,11-/m1/s1. The molecule has 2 rings (SSSR count). The van der Waals surface area contributed by atoms with Crippen molar-refractivity contribution in [3.63, 3.8) is 0 Å². The molecule has 8 heteroatoms. The Morgan fingerprint density at radius 2 is 2.00 bits per heavy atom. The molecule has 1 aliphatic heterocycles. The quantitative estimate of drug-likeness (QED) is 0.715. The molecule has 2 atom stereocenters. The molecule has 1 aromatic carbocycles. The zero-order valence-electron chi connectivity index (χ0n) is 13.0. The number of amides is 1. The van der Waals surface area contributed by atoms with E-state index in [1.54, 1.807) is 30.0 Å². The summed E-state index contributed by atoms with van der Waals surface area (Å²) in [5.74, 6) is 0.117. The van der Waals surface area contributed by atoms with Crippen LogP contribution in [0.4, 0.5) is 0 Å². The molecule has 0 N–H and O–H groups in total. The summed E-state index contributed by atoms with van der Waals surface area (Å²) in [7, 11) is -3.03. The van der Waals surface area contributed by atoms with E-state index in [-0.39, 0.29) is 23.5 Å². The third kappa shape index (κ3) is 4.56. The van der Waals surface area contributed by atoms with Crippen molar-refractivity contribution in [2.75, 3.05) is 18.1 Å². The van der Waals surface area contributed by atoms with Crippen LogP contribution >= 0.6 is 35.0 Å². The zero-order valence-corrected chi connectivity index (χ0v) is 16.1. The predicted molar refractivity (Wildman–Crippen MR) is 96.2 cm³/mol. The van der Waals surface area contributed by atoms with Crippen molar-refractivity contribution in [3.05, 3.63) is 28.2 Å². The lowest BCUT2D eigenvalue weighted by Crippen LogP contribution is -2.44. The Kier molecular flexibility index (Phi) is 6.28. The van der Waals surface area contributed by atoms with E-state index >= 15 is 0 Å². The van der Waals surface area contributed by atoms with Gasteiger partial charge in [0.15, 0.2) is 9.84 Å². The maximum Gasteiger partial charge on any atom is 0.236 e. The second kappa shape index (κ2) is 7.64. The first-order chi connectivity index (χ1) is 10.7. The summed E-state index contributed by atoms with van der Waals surface area (Å²) in [6.07, 6.45) is 0.506. The van der Waals surface area contributed by atoms with Crippen molar-refractivity contribution >= 4 is 50.7 Å². The Morgan fingerprint density at radius 3 is 2.48 bits per heavy atom. The van der Waals surface area contributed by atoms with E-state index in [2.05, 4.69) is 0 Å². The number of thioether (sulfide) groups is 1. The Morgan fingerprint density at radius 1 is 1.39 bits per heavy atom. The molecule has 0 unspecified atom stereocenters. The highest BCUT2D eigenvalue weighted by Crippen LogP contribution is 2.37. The first-order valence-electron chi connectivity index (χ1n) is 7.36. The molecular weight excluding hydrogens is 377 g/mol. The average molecular weight is 396 g/mol. The number of rotatable bonds is 5. The average Bonchev–Trinajstić information content (AvgIpc) is 2.83. The van der Waals surface area contributed by atoms with Crippen LogP contribution in [0.25, 0.3) is 0 Å². The number of nitrogens with zero attached hydrogens (tertiary/aromatic N) is 1. The first-order valence-corrected chi connectivity index (χ1v) is 10.8. The Hall–Kier alpha value is -0.430. The summed E-state index contributed by atoms with van der Waals surface area (Å²) in [5.41, 5.74) is 0. The van der Waals surface area contributed by atoms with Gasteiger partial charge in [-0.1, -0.05) is 29.3 Å². The summed E-state index contributed by atoms with van der Waals surface area (Å²) >= 11 is 13.6. The predicted octanol–water partition coefficient (Wildman–Crippen LogP) is 3.51. The van der Waals surface area contributed by atoms with Crippen molar-refractivity contribution in [3.8, 4) is 0 Å². The number of sulfone groups is 1. The van der Waals surface area contributed by atoms with Crippen molar-refractivity contribution in [2.24, 2.45) is 0 Å². The van der Waals surface area contributed by atoms with Crippen LogP contribution in [0.1, 0.15) is 20.3 Å². The molecular formula is C15H19Cl2NO3S2. The number of benzene rings is 1. The fraction of sp³-hybridized carbons (Fsp3) is 0.533. The van der Waals surface area contributed by atoms with Crippen molar-refractivity contribution in [1.82, 2.24) is 4.90 Å². The molecule has 23 heavy (non-hydrogen) atoms. The van der Waals surface area contributed by atoms with Crippen LogP contribution in [0.3, 0.4) is 0 Å². The number of halogens is 2. The Balaban J connectivity index is 2.12. The number of hydrogen-bond donors (Lipinski definition) is 0. The third-order valence-corrected chi connectivity index (χ3v) is 7.67. The first kappa shape index (κ1) is 18.9. The number of hydrogen-bond acceptors (Lipinski definition) is 4. The van der Waals surface area contributed by atoms with Gasteiger partial charge in [0.25, 0.3) is 0 Å². The van der Waals surface area contributed by atoms with Gasteiger partial charge < -0.3 is 4.90 Å². The molecule has 1 saturated heterocycles. The Labute approximate surface area is 151 Å². The lowest BCUT2D eigenvalue weighted by Gasteiger charge is -2.29. The van der Waals surface area contributed by atoms with E-state index in [0.29, 0.717) is 27.9 Å². The summed E-state index contributed by atoms with van der Waals surface area (Å²) in [5, 5.41) is 0.623. The minimum Gasteiger partial charge on any atom is -0.338 e. The number of carbonyl (C=O) groups excluding carboxylic acids is 1. The van der Waals surface area contributed by atoms with Gasteiger partial charge in [0.1, 0.15) is 0 Å². The molecule has 4 nitrogen and oxygen atoms in total. The van der Waals surface area contributed by atoms with Crippen LogP contribution in [0.2, 0.25) is 10.0 Å². The topological polar surface area (TPSA) is 54.5 Å². The second-order valence-electron chi connectivity index (χ2n) is 5.49. The summed E-state index contributed by atoms with van der Waals surface area (Å²) in [4.78, 5) is 15.1. The minimum atomic E-state index is -3.03. The van der Waals surface area contributed by atoms with Crippen LogP contribution in [-0.2, 0) is 14.6 Å². The molecule has 128 valence electrons. The van der Waals surface area contributed by atoms with Crippen LogP contribution in [0.15, 0.2) is 23.1 Å². The van der Waals surface area contributed by atoms with Gasteiger partial charge in [0.05, 0.1) is 26.8 Å². The largest absolute Gasteiger partial charge is 0.338 e. The minimum absolute atomic E-state index is 0.0524. The van der Waals surface area contributed by atoms with Gasteiger partial charge in [-0.3, -0.25) is 4.79 Å². The molecule has 0 radical (unpaired) electrons. The maximum absolute atomic E-state index is 12.7. The van der Waals surface area contributed by atoms with Gasteiger partial charge in [0.2, 0.25) is 5.91 Å². The molecule has 1 amide bonds. The van der Waals surface area contributed by atoms with E-state index < -0.39 is 15.1 Å². The zero-order chi connectivity index (χ0) is 17.2. The van der Waals surface area contributed by atoms with E-state index in [1.165, 1.54) is 11.8 Å². The molecule has 1 aromatic rings. The van der Waals surface area contributed by atoms with Gasteiger partial charge in [-0.25, -0.2) is 8.42 Å². The normalized spacial score (nSPS) is 21.1. The van der Waals surface area contributed by atoms with Gasteiger partial charge in [-0.05, 0) is 32.4 Å². The molecule has 0 aromatic heterocycles. The fourth-order valence-electron chi connectivity index (χ4n) is 2.67. The third-order valence-electron chi connectivity index (χ3n) is 3.83. The van der Waals surface area contributed by atoms with E-state index in [1.807, 2.05) is 6.92 Å². The summed E-state index contributed by atoms with van der Waals surface area (Å²) < 4.78 is 23.3. The Bertz CT molecular complexity index is 674. The molecule has 0 spiro atoms. The highest BCUT2D eigenvalue weighted by molar-refractivity contribution is 8.00. The van der Waals surface area contributed by atoms with Crippen molar-refractivity contribution < 1.29 is 13.2 Å². The molecule has 1 fully saturated rings. The highest BCUT2D eigenvalue weighted by atomic mass is 35.5. The molecule has 0 aliphatic carbocycles. The van der Waals surface area contributed by atoms with Crippen LogP contribution in [-0.4, -0.2) is 48.6 Å². The summed E-state index contributed by atoms with van der Waals surface area (Å²) in [6.45, 7) is 4.14. The van der Waals surface area contributed by atoms with Gasteiger partial charge in [0, 0.05) is 17.5 Å². The van der Waals surface area contributed by atoms with Crippen LogP contribution < -0.4 is 0 Å². The lowest BCUT2D eigenvalue weighted by molar-refractivity contribution is -0.131. The van der Waals surface area contributed by atoms with E-state index in [4.69, 9.17) is 23.2 Å². The SMILES string of the molecule is CCN(C(=O)[C@@H](C)Sc1c(Cl)cccc1Cl)[C@@H]1CCS(=O)(=O)C1. The van der Waals surface area contributed by atoms with E-state index in [0.717, 1.165) is 0 Å².